The van der Waals surface area contributed by atoms with E-state index in [4.69, 9.17) is 14.2 Å². The molecule has 1 atom stereocenters. The normalized spacial score (nSPS) is 12.1. The Morgan fingerprint density at radius 1 is 0.247 bits per heavy atom. The van der Waals surface area contributed by atoms with E-state index in [-0.39, 0.29) is 31.1 Å². The van der Waals surface area contributed by atoms with Gasteiger partial charge in [-0.3, -0.25) is 14.4 Å². The molecule has 0 radical (unpaired) electrons. The van der Waals surface area contributed by atoms with Crippen LogP contribution in [0.25, 0.3) is 0 Å². The first-order valence-electron chi connectivity index (χ1n) is 34.8. The fourth-order valence-electron chi connectivity index (χ4n) is 10.7. The van der Waals surface area contributed by atoms with Gasteiger partial charge < -0.3 is 14.2 Å². The largest absolute Gasteiger partial charge is 0.462 e. The van der Waals surface area contributed by atoms with E-state index in [0.29, 0.717) is 19.3 Å². The Morgan fingerprint density at radius 2 is 0.442 bits per heavy atom. The van der Waals surface area contributed by atoms with Crippen molar-refractivity contribution >= 4 is 17.9 Å². The molecular weight excluding hydrogens is 949 g/mol. The topological polar surface area (TPSA) is 78.9 Å². The van der Waals surface area contributed by atoms with Crippen LogP contribution in [0.3, 0.4) is 0 Å². The highest BCUT2D eigenvalue weighted by Crippen LogP contribution is 2.19. The molecular formula is C71H134O6. The molecule has 0 aliphatic carbocycles. The van der Waals surface area contributed by atoms with E-state index < -0.39 is 6.10 Å². The van der Waals surface area contributed by atoms with Crippen LogP contribution in [0.5, 0.6) is 0 Å². The summed E-state index contributed by atoms with van der Waals surface area (Å²) in [5.74, 6) is -0.849. The lowest BCUT2D eigenvalue weighted by Crippen LogP contribution is -2.30. The second-order valence-corrected chi connectivity index (χ2v) is 23.8. The highest BCUT2D eigenvalue weighted by Gasteiger charge is 2.19. The van der Waals surface area contributed by atoms with E-state index >= 15 is 0 Å². The minimum absolute atomic E-state index is 0.0685. The molecule has 0 heterocycles. The SMILES string of the molecule is CCCC/C=C\CCCCCCCC(=O)OCC(COC(=O)CCCCCCCCCCCCCCC/C=C\CCCCCCCCCC)OC(=O)CCCCCCCCCCCCCCCCCCCCCCCCC. The van der Waals surface area contributed by atoms with Gasteiger partial charge in [0.05, 0.1) is 0 Å². The van der Waals surface area contributed by atoms with Crippen LogP contribution in [0.1, 0.15) is 393 Å². The molecule has 0 aliphatic heterocycles. The number of esters is 3. The number of rotatable bonds is 65. The van der Waals surface area contributed by atoms with Gasteiger partial charge in [-0.2, -0.15) is 0 Å². The third kappa shape index (κ3) is 64.6. The molecule has 77 heavy (non-hydrogen) atoms. The van der Waals surface area contributed by atoms with Crippen LogP contribution in [-0.2, 0) is 28.6 Å². The molecule has 0 saturated carbocycles. The van der Waals surface area contributed by atoms with Gasteiger partial charge in [0.2, 0.25) is 0 Å². The van der Waals surface area contributed by atoms with E-state index in [1.807, 2.05) is 0 Å². The van der Waals surface area contributed by atoms with Crippen molar-refractivity contribution in [3.05, 3.63) is 24.3 Å². The van der Waals surface area contributed by atoms with E-state index in [1.165, 1.54) is 289 Å². The third-order valence-corrected chi connectivity index (χ3v) is 15.9. The Balaban J connectivity index is 4.17. The summed E-state index contributed by atoms with van der Waals surface area (Å²) in [4.78, 5) is 38.3. The van der Waals surface area contributed by atoms with Crippen molar-refractivity contribution < 1.29 is 28.6 Å². The van der Waals surface area contributed by atoms with E-state index in [1.54, 1.807) is 0 Å². The van der Waals surface area contributed by atoms with Crippen molar-refractivity contribution in [3.8, 4) is 0 Å². The molecule has 0 aromatic heterocycles. The highest BCUT2D eigenvalue weighted by atomic mass is 16.6. The zero-order valence-corrected chi connectivity index (χ0v) is 52.3. The van der Waals surface area contributed by atoms with Crippen molar-refractivity contribution in [2.24, 2.45) is 0 Å². The number of carbonyl (C=O) groups excluding carboxylic acids is 3. The summed E-state index contributed by atoms with van der Waals surface area (Å²) in [5.41, 5.74) is 0. The van der Waals surface area contributed by atoms with Crippen LogP contribution in [0, 0.1) is 0 Å². The van der Waals surface area contributed by atoms with E-state index in [0.717, 1.165) is 64.2 Å². The van der Waals surface area contributed by atoms with E-state index in [2.05, 4.69) is 45.1 Å². The summed E-state index contributed by atoms with van der Waals surface area (Å²) in [6.07, 6.45) is 80.7. The smallest absolute Gasteiger partial charge is 0.306 e. The van der Waals surface area contributed by atoms with Gasteiger partial charge in [0.25, 0.3) is 0 Å². The molecule has 0 fully saturated rings. The van der Waals surface area contributed by atoms with Crippen LogP contribution in [0.4, 0.5) is 0 Å². The lowest BCUT2D eigenvalue weighted by Gasteiger charge is -2.18. The lowest BCUT2D eigenvalue weighted by atomic mass is 10.0. The second-order valence-electron chi connectivity index (χ2n) is 23.8. The van der Waals surface area contributed by atoms with Crippen LogP contribution in [0.15, 0.2) is 24.3 Å². The Morgan fingerprint density at radius 3 is 0.688 bits per heavy atom. The predicted molar refractivity (Wildman–Crippen MR) is 335 cm³/mol. The molecule has 6 heteroatoms. The molecule has 0 spiro atoms. The molecule has 0 amide bonds. The predicted octanol–water partition coefficient (Wildman–Crippen LogP) is 23.8. The summed E-state index contributed by atoms with van der Waals surface area (Å²) in [5, 5.41) is 0. The minimum Gasteiger partial charge on any atom is -0.462 e. The first-order valence-corrected chi connectivity index (χ1v) is 34.8. The molecule has 0 rings (SSSR count). The summed E-state index contributed by atoms with van der Waals surface area (Å²) >= 11 is 0. The fraction of sp³-hybridized carbons (Fsp3) is 0.901. The third-order valence-electron chi connectivity index (χ3n) is 15.9. The van der Waals surface area contributed by atoms with Gasteiger partial charge in [0, 0.05) is 19.3 Å². The highest BCUT2D eigenvalue weighted by molar-refractivity contribution is 5.71. The van der Waals surface area contributed by atoms with Crippen LogP contribution in [0.2, 0.25) is 0 Å². The number of hydrogen-bond donors (Lipinski definition) is 0. The molecule has 0 N–H and O–H groups in total. The molecule has 454 valence electrons. The second kappa shape index (κ2) is 66.4. The maximum atomic E-state index is 12.9. The zero-order valence-electron chi connectivity index (χ0n) is 52.3. The van der Waals surface area contributed by atoms with Crippen molar-refractivity contribution in [2.45, 2.75) is 399 Å². The Bertz CT molecular complexity index is 1240. The van der Waals surface area contributed by atoms with Gasteiger partial charge in [0.15, 0.2) is 6.10 Å². The van der Waals surface area contributed by atoms with Crippen molar-refractivity contribution in [3.63, 3.8) is 0 Å². The molecule has 0 saturated heterocycles. The summed E-state index contributed by atoms with van der Waals surface area (Å²) in [7, 11) is 0. The molecule has 0 aliphatic rings. The zero-order chi connectivity index (χ0) is 55.7. The number of allylic oxidation sites excluding steroid dienone is 4. The van der Waals surface area contributed by atoms with Gasteiger partial charge >= 0.3 is 17.9 Å². The maximum Gasteiger partial charge on any atom is 0.306 e. The average Bonchev–Trinajstić information content (AvgIpc) is 3.43. The van der Waals surface area contributed by atoms with Crippen LogP contribution < -0.4 is 0 Å². The van der Waals surface area contributed by atoms with Crippen molar-refractivity contribution in [1.82, 2.24) is 0 Å². The van der Waals surface area contributed by atoms with Crippen molar-refractivity contribution in [1.29, 1.82) is 0 Å². The minimum atomic E-state index is -0.771. The molecule has 1 unspecified atom stereocenters. The van der Waals surface area contributed by atoms with Crippen molar-refractivity contribution in [2.75, 3.05) is 13.2 Å². The first-order chi connectivity index (χ1) is 38.0. The van der Waals surface area contributed by atoms with Gasteiger partial charge in [-0.1, -0.05) is 334 Å². The lowest BCUT2D eigenvalue weighted by molar-refractivity contribution is -0.167. The number of carbonyl (C=O) groups is 3. The van der Waals surface area contributed by atoms with Gasteiger partial charge in [-0.25, -0.2) is 0 Å². The summed E-state index contributed by atoms with van der Waals surface area (Å²) in [6.45, 7) is 6.67. The van der Waals surface area contributed by atoms with Gasteiger partial charge in [-0.05, 0) is 64.2 Å². The maximum absolute atomic E-state index is 12.9. The van der Waals surface area contributed by atoms with E-state index in [9.17, 15) is 14.4 Å². The van der Waals surface area contributed by atoms with Gasteiger partial charge in [0.1, 0.15) is 13.2 Å². The Labute approximate surface area is 481 Å². The number of ether oxygens (including phenoxy) is 3. The monoisotopic (exact) mass is 1080 g/mol. The summed E-state index contributed by atoms with van der Waals surface area (Å²) < 4.78 is 17.0. The molecule has 0 aromatic rings. The van der Waals surface area contributed by atoms with Crippen LogP contribution >= 0.6 is 0 Å². The van der Waals surface area contributed by atoms with Gasteiger partial charge in [-0.15, -0.1) is 0 Å². The quantitative estimate of drug-likeness (QED) is 0.0261. The molecule has 6 nitrogen and oxygen atoms in total. The Kier molecular flexibility index (Phi) is 64.6. The van der Waals surface area contributed by atoms with Crippen LogP contribution in [-0.4, -0.2) is 37.2 Å². The molecule has 0 bridgehead atoms. The summed E-state index contributed by atoms with van der Waals surface area (Å²) in [6, 6.07) is 0. The molecule has 0 aromatic carbocycles. The fourth-order valence-corrected chi connectivity index (χ4v) is 10.7. The number of hydrogen-bond acceptors (Lipinski definition) is 6. The Hall–Kier alpha value is -2.11. The standard InChI is InChI=1S/C71H134O6/c1-4-7-10-13-16-19-22-24-26-28-30-32-34-35-37-38-40-42-44-46-49-52-55-58-61-64-70(73)76-67-68(66-75-69(72)63-60-57-54-51-48-21-18-15-12-9-6-3)77-71(74)65-62-59-56-53-50-47-45-43-41-39-36-33-31-29-27-25-23-20-17-14-11-8-5-2/h15,18,28,30,68H,4-14,16-17,19-27,29,31-67H2,1-3H3/b18-15-,30-28-. The number of unbranched alkanes of at least 4 members (excludes halogenated alkanes) is 50. The first kappa shape index (κ1) is 74.9. The average molecular weight is 1080 g/mol.